The quantitative estimate of drug-likeness (QED) is 0.479. The van der Waals surface area contributed by atoms with Crippen molar-refractivity contribution < 1.29 is 47.9 Å². The van der Waals surface area contributed by atoms with Gasteiger partial charge in [-0.2, -0.15) is 0 Å². The Labute approximate surface area is 195 Å². The van der Waals surface area contributed by atoms with Gasteiger partial charge in [-0.05, 0) is 35.2 Å². The summed E-state index contributed by atoms with van der Waals surface area (Å²) >= 11 is 0. The average molecular weight is 373 g/mol. The summed E-state index contributed by atoms with van der Waals surface area (Å²) in [6.07, 6.45) is 0. The Balaban J connectivity index is -0.000000339. The van der Waals surface area contributed by atoms with Gasteiger partial charge >= 0.3 is 37.7 Å². The first-order chi connectivity index (χ1) is 12.3. The third kappa shape index (κ3) is 23.2. The molecule has 5 nitrogen and oxygen atoms in total. The molecular formula is C21H33Li2N3O2. The van der Waals surface area contributed by atoms with E-state index in [0.29, 0.717) is 0 Å². The zero-order chi connectivity index (χ0) is 19.8. The Morgan fingerprint density at radius 3 is 1.00 bits per heavy atom. The number of hydrogen-bond donors (Lipinski definition) is 0. The minimum absolute atomic E-state index is 0. The molecule has 7 heteroatoms. The maximum Gasteiger partial charge on any atom is 1.00 e. The van der Waals surface area contributed by atoms with Gasteiger partial charge in [-0.1, -0.05) is 60.7 Å². The van der Waals surface area contributed by atoms with Crippen molar-refractivity contribution in [3.05, 3.63) is 60.7 Å². The van der Waals surface area contributed by atoms with Gasteiger partial charge in [-0.25, -0.2) is 0 Å². The maximum absolute atomic E-state index is 10.3. The molecule has 0 bridgehead atoms. The molecule has 0 heterocycles. The molecule has 0 aliphatic rings. The SMILES string of the molecule is CN(C)CCN(C)CCN(C)C.[Li+].[Li+].[O-]c1ccccc1.[O-]c1ccccc1. The second kappa shape index (κ2) is 20.8. The Bertz CT molecular complexity index is 494. The van der Waals surface area contributed by atoms with Crippen LogP contribution in [-0.4, -0.2) is 76.1 Å². The largest absolute Gasteiger partial charge is 1.00 e. The number of likely N-dealkylation sites (N-methyl/N-ethyl adjacent to an activating group) is 3. The van der Waals surface area contributed by atoms with Crippen LogP contribution in [0.5, 0.6) is 11.5 Å². The molecule has 0 saturated carbocycles. The summed E-state index contributed by atoms with van der Waals surface area (Å²) in [5.74, 6) is 0.144. The topological polar surface area (TPSA) is 55.8 Å². The zero-order valence-corrected chi connectivity index (χ0v) is 18.8. The Hall–Kier alpha value is -0.885. The number of benzene rings is 2. The van der Waals surface area contributed by atoms with Crippen LogP contribution in [0, 0.1) is 0 Å². The smallest absolute Gasteiger partial charge is 0.872 e. The molecule has 146 valence electrons. The molecule has 0 amide bonds. The van der Waals surface area contributed by atoms with Crippen molar-refractivity contribution in [2.45, 2.75) is 0 Å². The van der Waals surface area contributed by atoms with Crippen LogP contribution in [-0.2, 0) is 0 Å². The summed E-state index contributed by atoms with van der Waals surface area (Å²) in [6, 6.07) is 16.7. The molecule has 0 unspecified atom stereocenters. The fraction of sp³-hybridized carbons (Fsp3) is 0.429. The van der Waals surface area contributed by atoms with Crippen molar-refractivity contribution in [3.63, 3.8) is 0 Å². The molecule has 2 rings (SSSR count). The second-order valence-corrected chi connectivity index (χ2v) is 6.54. The van der Waals surface area contributed by atoms with E-state index in [-0.39, 0.29) is 49.2 Å². The van der Waals surface area contributed by atoms with E-state index in [1.165, 1.54) is 24.3 Å². The van der Waals surface area contributed by atoms with Crippen molar-refractivity contribution in [1.82, 2.24) is 14.7 Å². The van der Waals surface area contributed by atoms with Crippen LogP contribution in [0.15, 0.2) is 60.7 Å². The zero-order valence-electron chi connectivity index (χ0n) is 18.8. The van der Waals surface area contributed by atoms with E-state index in [2.05, 4.69) is 49.9 Å². The van der Waals surface area contributed by atoms with E-state index in [4.69, 9.17) is 0 Å². The van der Waals surface area contributed by atoms with Gasteiger partial charge in [0.05, 0.1) is 0 Å². The predicted molar refractivity (Wildman–Crippen MR) is 106 cm³/mol. The van der Waals surface area contributed by atoms with Gasteiger partial charge in [0.15, 0.2) is 0 Å². The van der Waals surface area contributed by atoms with Gasteiger partial charge in [-0.15, -0.1) is 11.5 Å². The monoisotopic (exact) mass is 373 g/mol. The van der Waals surface area contributed by atoms with Gasteiger partial charge in [0.25, 0.3) is 0 Å². The Morgan fingerprint density at radius 2 is 0.821 bits per heavy atom. The molecule has 0 aromatic heterocycles. The molecule has 0 radical (unpaired) electrons. The molecule has 2 aromatic carbocycles. The summed E-state index contributed by atoms with van der Waals surface area (Å²) in [7, 11) is 10.6. The third-order valence-electron chi connectivity index (χ3n) is 3.34. The van der Waals surface area contributed by atoms with Crippen LogP contribution in [0.2, 0.25) is 0 Å². The van der Waals surface area contributed by atoms with Crippen molar-refractivity contribution in [1.29, 1.82) is 0 Å². The van der Waals surface area contributed by atoms with Gasteiger partial charge in [0.1, 0.15) is 0 Å². The molecular weight excluding hydrogens is 340 g/mol. The molecule has 28 heavy (non-hydrogen) atoms. The minimum atomic E-state index is 0. The van der Waals surface area contributed by atoms with Crippen molar-refractivity contribution in [3.8, 4) is 11.5 Å². The van der Waals surface area contributed by atoms with E-state index in [9.17, 15) is 10.2 Å². The van der Waals surface area contributed by atoms with Gasteiger partial charge < -0.3 is 24.9 Å². The molecule has 2 aromatic rings. The van der Waals surface area contributed by atoms with Crippen molar-refractivity contribution >= 4 is 0 Å². The van der Waals surface area contributed by atoms with E-state index in [0.717, 1.165) is 26.2 Å². The van der Waals surface area contributed by atoms with Crippen LogP contribution < -0.4 is 47.9 Å². The molecule has 0 aliphatic heterocycles. The van der Waals surface area contributed by atoms with Crippen LogP contribution in [0.25, 0.3) is 0 Å². The van der Waals surface area contributed by atoms with Crippen LogP contribution in [0.3, 0.4) is 0 Å². The third-order valence-corrected chi connectivity index (χ3v) is 3.34. The molecule has 0 aliphatic carbocycles. The fourth-order valence-corrected chi connectivity index (χ4v) is 1.69. The van der Waals surface area contributed by atoms with Crippen LogP contribution in [0.4, 0.5) is 0 Å². The fourth-order valence-electron chi connectivity index (χ4n) is 1.69. The van der Waals surface area contributed by atoms with Gasteiger partial charge in [-0.3, -0.25) is 0 Å². The Morgan fingerprint density at radius 1 is 0.536 bits per heavy atom. The summed E-state index contributed by atoms with van der Waals surface area (Å²) in [5, 5.41) is 20.5. The number of nitrogens with zero attached hydrogens (tertiary/aromatic N) is 3. The van der Waals surface area contributed by atoms with Gasteiger partial charge in [0.2, 0.25) is 0 Å². The van der Waals surface area contributed by atoms with E-state index in [1.54, 1.807) is 24.3 Å². The van der Waals surface area contributed by atoms with Crippen molar-refractivity contribution in [2.75, 3.05) is 61.4 Å². The molecule has 0 saturated heterocycles. The number of para-hydroxylation sites is 2. The molecule has 0 fully saturated rings. The summed E-state index contributed by atoms with van der Waals surface area (Å²) in [4.78, 5) is 6.79. The van der Waals surface area contributed by atoms with E-state index >= 15 is 0 Å². The number of rotatable bonds is 6. The van der Waals surface area contributed by atoms with Crippen LogP contribution >= 0.6 is 0 Å². The number of hydrogen-bond acceptors (Lipinski definition) is 5. The Kier molecular flexibility index (Phi) is 23.7. The minimum Gasteiger partial charge on any atom is -0.872 e. The van der Waals surface area contributed by atoms with Crippen molar-refractivity contribution in [2.24, 2.45) is 0 Å². The molecule has 0 spiro atoms. The first-order valence-electron chi connectivity index (χ1n) is 8.73. The maximum atomic E-state index is 10.3. The average Bonchev–Trinajstić information content (AvgIpc) is 2.60. The van der Waals surface area contributed by atoms with E-state index in [1.807, 2.05) is 12.1 Å². The summed E-state index contributed by atoms with van der Waals surface area (Å²) in [5.41, 5.74) is 0. The second-order valence-electron chi connectivity index (χ2n) is 6.54. The van der Waals surface area contributed by atoms with Crippen LogP contribution in [0.1, 0.15) is 0 Å². The standard InChI is InChI=1S/C9H23N3.2C6H6O.2Li/c1-10(2)6-8-12(5)9-7-11(3)4;2*7-6-4-2-1-3-5-6;;/h6-9H2,1-5H3;2*1-5,7H;;/q;;;2*+1/p-2. The first kappa shape index (κ1) is 31.8. The van der Waals surface area contributed by atoms with Gasteiger partial charge in [0, 0.05) is 26.2 Å². The first-order valence-corrected chi connectivity index (χ1v) is 8.73. The van der Waals surface area contributed by atoms with E-state index < -0.39 is 0 Å². The normalized spacial score (nSPS) is 9.43. The summed E-state index contributed by atoms with van der Waals surface area (Å²) < 4.78 is 0. The summed E-state index contributed by atoms with van der Waals surface area (Å²) in [6.45, 7) is 4.59. The molecule has 0 N–H and O–H groups in total. The molecule has 0 atom stereocenters. The predicted octanol–water partition coefficient (Wildman–Crippen LogP) is -4.43.